The van der Waals surface area contributed by atoms with Crippen LogP contribution in [0.2, 0.25) is 0 Å². The third kappa shape index (κ3) is 3.94. The number of carbonyl (C=O) groups excluding carboxylic acids is 1. The minimum absolute atomic E-state index is 0.145. The second-order valence-corrected chi connectivity index (χ2v) is 7.83. The molecule has 0 aliphatic heterocycles. The third-order valence-electron chi connectivity index (χ3n) is 3.94. The maximum atomic E-state index is 14.1. The average Bonchev–Trinajstić information content (AvgIpc) is 3.10. The van der Waals surface area contributed by atoms with Gasteiger partial charge in [0, 0.05) is 24.0 Å². The van der Waals surface area contributed by atoms with Crippen molar-refractivity contribution in [2.75, 3.05) is 27.2 Å². The van der Waals surface area contributed by atoms with Crippen LogP contribution < -0.4 is 5.32 Å². The minimum Gasteiger partial charge on any atom is -0.349 e. The van der Waals surface area contributed by atoms with E-state index in [9.17, 15) is 9.18 Å². The lowest BCUT2D eigenvalue weighted by Crippen LogP contribution is -2.32. The van der Waals surface area contributed by atoms with Crippen LogP contribution in [0.5, 0.6) is 0 Å². The lowest BCUT2D eigenvalue weighted by Gasteiger charge is -2.13. The zero-order valence-corrected chi connectivity index (χ0v) is 16.5. The Bertz CT molecular complexity index is 903. The van der Waals surface area contributed by atoms with Gasteiger partial charge in [-0.1, -0.05) is 18.2 Å². The molecule has 0 radical (unpaired) electrons. The van der Waals surface area contributed by atoms with Crippen LogP contribution in [0.15, 0.2) is 40.2 Å². The lowest BCUT2D eigenvalue weighted by molar-refractivity contribution is 0.0942. The van der Waals surface area contributed by atoms with Gasteiger partial charge in [0.25, 0.3) is 5.91 Å². The quantitative estimate of drug-likeness (QED) is 0.651. The summed E-state index contributed by atoms with van der Waals surface area (Å²) in [5.74, 6) is -0.414. The number of amides is 1. The van der Waals surface area contributed by atoms with Gasteiger partial charge >= 0.3 is 0 Å². The van der Waals surface area contributed by atoms with Crippen LogP contribution in [0.4, 0.5) is 4.39 Å². The average molecular weight is 424 g/mol. The molecule has 0 atom stereocenters. The lowest BCUT2D eigenvalue weighted by atomic mass is 10.2. The van der Waals surface area contributed by atoms with E-state index in [4.69, 9.17) is 0 Å². The number of nitrogens with zero attached hydrogens (tertiary/aromatic N) is 2. The van der Waals surface area contributed by atoms with Crippen LogP contribution in [-0.2, 0) is 6.54 Å². The summed E-state index contributed by atoms with van der Waals surface area (Å²) >= 11 is 5.10. The SMILES string of the molecule is CN(C)CCNC(=O)c1cc2scc(Br)c2n1Cc1ccccc1F. The molecule has 0 bridgehead atoms. The molecule has 7 heteroatoms. The van der Waals surface area contributed by atoms with E-state index in [2.05, 4.69) is 21.2 Å². The first-order chi connectivity index (χ1) is 12.0. The molecule has 0 fully saturated rings. The molecule has 0 aliphatic carbocycles. The van der Waals surface area contributed by atoms with E-state index in [0.717, 1.165) is 21.2 Å². The molecule has 0 spiro atoms. The van der Waals surface area contributed by atoms with Crippen LogP contribution in [0.3, 0.4) is 0 Å². The highest BCUT2D eigenvalue weighted by Gasteiger charge is 2.19. The molecular formula is C18H19BrFN3OS. The fourth-order valence-corrected chi connectivity index (χ4v) is 4.36. The number of fused-ring (bicyclic) bond motifs is 1. The van der Waals surface area contributed by atoms with Crippen molar-refractivity contribution >= 4 is 43.4 Å². The highest BCUT2D eigenvalue weighted by molar-refractivity contribution is 9.10. The molecule has 4 nitrogen and oxygen atoms in total. The number of carbonyl (C=O) groups is 1. The molecule has 1 N–H and O–H groups in total. The van der Waals surface area contributed by atoms with Gasteiger partial charge in [-0.25, -0.2) is 4.39 Å². The fraction of sp³-hybridized carbons (Fsp3) is 0.278. The van der Waals surface area contributed by atoms with E-state index in [-0.39, 0.29) is 11.7 Å². The number of hydrogen-bond donors (Lipinski definition) is 1. The summed E-state index contributed by atoms with van der Waals surface area (Å²) in [6.07, 6.45) is 0. The van der Waals surface area contributed by atoms with Crippen LogP contribution in [0.25, 0.3) is 10.2 Å². The highest BCUT2D eigenvalue weighted by atomic mass is 79.9. The molecule has 25 heavy (non-hydrogen) atoms. The van der Waals surface area contributed by atoms with Crippen LogP contribution in [0.1, 0.15) is 16.1 Å². The molecular weight excluding hydrogens is 405 g/mol. The van der Waals surface area contributed by atoms with Gasteiger partial charge in [0.1, 0.15) is 11.5 Å². The first-order valence-electron chi connectivity index (χ1n) is 7.90. The molecule has 2 heterocycles. The summed E-state index contributed by atoms with van der Waals surface area (Å²) in [4.78, 5) is 14.7. The number of hydrogen-bond acceptors (Lipinski definition) is 3. The summed E-state index contributed by atoms with van der Waals surface area (Å²) in [6.45, 7) is 1.63. The molecule has 0 unspecified atom stereocenters. The van der Waals surface area contributed by atoms with Crippen molar-refractivity contribution in [3.8, 4) is 0 Å². The van der Waals surface area contributed by atoms with Gasteiger partial charge in [-0.2, -0.15) is 0 Å². The highest BCUT2D eigenvalue weighted by Crippen LogP contribution is 2.34. The number of aromatic nitrogens is 1. The summed E-state index contributed by atoms with van der Waals surface area (Å²) < 4.78 is 17.9. The Labute approximate surface area is 158 Å². The number of rotatable bonds is 6. The Morgan fingerprint density at radius 1 is 1.36 bits per heavy atom. The number of nitrogens with one attached hydrogen (secondary N) is 1. The van der Waals surface area contributed by atoms with Crippen molar-refractivity contribution in [1.82, 2.24) is 14.8 Å². The van der Waals surface area contributed by atoms with Gasteiger partial charge in [-0.05, 0) is 42.2 Å². The molecule has 3 aromatic rings. The number of benzene rings is 1. The van der Waals surface area contributed by atoms with Crippen LogP contribution in [-0.4, -0.2) is 42.6 Å². The van der Waals surface area contributed by atoms with E-state index >= 15 is 0 Å². The first kappa shape index (κ1) is 18.1. The standard InChI is InChI=1S/C18H19BrFN3OS/c1-22(2)8-7-21-18(24)15-9-16-17(13(19)11-25-16)23(15)10-12-5-3-4-6-14(12)20/h3-6,9,11H,7-8,10H2,1-2H3,(H,21,24). The van der Waals surface area contributed by atoms with E-state index < -0.39 is 0 Å². The Morgan fingerprint density at radius 2 is 2.12 bits per heavy atom. The van der Waals surface area contributed by atoms with Gasteiger partial charge in [-0.15, -0.1) is 11.3 Å². The smallest absolute Gasteiger partial charge is 0.268 e. The fourth-order valence-electron chi connectivity index (χ4n) is 2.66. The van der Waals surface area contributed by atoms with Crippen LogP contribution >= 0.6 is 27.3 Å². The Morgan fingerprint density at radius 3 is 2.84 bits per heavy atom. The van der Waals surface area contributed by atoms with Crippen molar-refractivity contribution in [2.45, 2.75) is 6.54 Å². The van der Waals surface area contributed by atoms with E-state index in [1.54, 1.807) is 29.5 Å². The van der Waals surface area contributed by atoms with Gasteiger partial charge in [0.15, 0.2) is 0 Å². The van der Waals surface area contributed by atoms with Crippen molar-refractivity contribution < 1.29 is 9.18 Å². The molecule has 1 amide bonds. The van der Waals surface area contributed by atoms with Gasteiger partial charge in [0.2, 0.25) is 0 Å². The second kappa shape index (κ2) is 7.68. The Hall–Kier alpha value is -1.70. The Balaban J connectivity index is 1.95. The summed E-state index contributed by atoms with van der Waals surface area (Å²) in [5, 5.41) is 4.92. The van der Waals surface area contributed by atoms with Crippen molar-refractivity contribution in [3.05, 3.63) is 57.3 Å². The van der Waals surface area contributed by atoms with E-state index in [1.165, 1.54) is 6.07 Å². The molecule has 3 rings (SSSR count). The van der Waals surface area contributed by atoms with E-state index in [1.807, 2.05) is 35.0 Å². The van der Waals surface area contributed by atoms with Gasteiger partial charge in [-0.3, -0.25) is 4.79 Å². The van der Waals surface area contributed by atoms with Crippen LogP contribution in [0, 0.1) is 5.82 Å². The minimum atomic E-state index is -0.269. The maximum absolute atomic E-state index is 14.1. The second-order valence-electron chi connectivity index (χ2n) is 6.06. The predicted octanol–water partition coefficient (Wildman–Crippen LogP) is 3.94. The molecule has 2 aromatic heterocycles. The monoisotopic (exact) mass is 423 g/mol. The normalized spacial score (nSPS) is 11.4. The zero-order valence-electron chi connectivity index (χ0n) is 14.1. The largest absolute Gasteiger partial charge is 0.349 e. The van der Waals surface area contributed by atoms with Gasteiger partial charge in [0.05, 0.1) is 21.2 Å². The Kier molecular flexibility index (Phi) is 5.56. The summed E-state index contributed by atoms with van der Waals surface area (Å²) in [7, 11) is 3.92. The maximum Gasteiger partial charge on any atom is 0.268 e. The molecule has 0 saturated carbocycles. The summed E-state index contributed by atoms with van der Waals surface area (Å²) in [6, 6.07) is 8.53. The van der Waals surface area contributed by atoms with Crippen molar-refractivity contribution in [1.29, 1.82) is 0 Å². The number of thiophene rings is 1. The van der Waals surface area contributed by atoms with Gasteiger partial charge < -0.3 is 14.8 Å². The molecule has 1 aromatic carbocycles. The third-order valence-corrected chi connectivity index (χ3v) is 5.77. The molecule has 132 valence electrons. The predicted molar refractivity (Wildman–Crippen MR) is 104 cm³/mol. The van der Waals surface area contributed by atoms with Crippen molar-refractivity contribution in [2.24, 2.45) is 0 Å². The zero-order chi connectivity index (χ0) is 18.0. The first-order valence-corrected chi connectivity index (χ1v) is 9.57. The summed E-state index contributed by atoms with van der Waals surface area (Å²) in [5.41, 5.74) is 2.02. The molecule has 0 aliphatic rings. The number of likely N-dealkylation sites (N-methyl/N-ethyl adjacent to an activating group) is 1. The topological polar surface area (TPSA) is 37.3 Å². The van der Waals surface area contributed by atoms with Crippen molar-refractivity contribution in [3.63, 3.8) is 0 Å². The van der Waals surface area contributed by atoms with E-state index in [0.29, 0.717) is 24.3 Å². The molecule has 0 saturated heterocycles. The number of halogens is 2.